The van der Waals surface area contributed by atoms with Crippen LogP contribution in [0, 0.1) is 11.3 Å². The number of hydrogen-bond donors (Lipinski definition) is 0. The van der Waals surface area contributed by atoms with Gasteiger partial charge in [-0.15, -0.1) is 0 Å². The van der Waals surface area contributed by atoms with E-state index in [2.05, 4.69) is 19.1 Å². The molecular formula is C12H20O2. The Kier molecular flexibility index (Phi) is 2.93. The summed E-state index contributed by atoms with van der Waals surface area (Å²) in [6, 6.07) is 0. The van der Waals surface area contributed by atoms with Crippen molar-refractivity contribution in [2.45, 2.75) is 32.3 Å². The van der Waals surface area contributed by atoms with E-state index in [1.165, 1.54) is 12.8 Å². The Bertz CT molecular complexity index is 224. The average molecular weight is 196 g/mol. The number of ether oxygens (including phenoxy) is 2. The summed E-state index contributed by atoms with van der Waals surface area (Å²) < 4.78 is 10.9. The highest BCUT2D eigenvalue weighted by Crippen LogP contribution is 2.49. The summed E-state index contributed by atoms with van der Waals surface area (Å²) in [7, 11) is 1.74. The Hall–Kier alpha value is -0.340. The maximum absolute atomic E-state index is 5.87. The highest BCUT2D eigenvalue weighted by molar-refractivity contribution is 5.17. The van der Waals surface area contributed by atoms with Crippen molar-refractivity contribution in [2.75, 3.05) is 20.3 Å². The average Bonchev–Trinajstić information content (AvgIpc) is 2.67. The van der Waals surface area contributed by atoms with Crippen molar-refractivity contribution in [1.82, 2.24) is 0 Å². The SMILES string of the molecule is COCCCOC1CC2(C)C=CC1C2. The number of rotatable bonds is 5. The molecule has 3 atom stereocenters. The maximum Gasteiger partial charge on any atom is 0.0646 e. The van der Waals surface area contributed by atoms with Crippen LogP contribution in [0.15, 0.2) is 12.2 Å². The van der Waals surface area contributed by atoms with Crippen molar-refractivity contribution in [3.8, 4) is 0 Å². The van der Waals surface area contributed by atoms with Crippen molar-refractivity contribution in [3.63, 3.8) is 0 Å². The van der Waals surface area contributed by atoms with E-state index in [1.54, 1.807) is 7.11 Å². The van der Waals surface area contributed by atoms with Crippen LogP contribution in [-0.4, -0.2) is 26.4 Å². The Balaban J connectivity index is 1.71. The highest BCUT2D eigenvalue weighted by atomic mass is 16.5. The third kappa shape index (κ3) is 2.01. The summed E-state index contributed by atoms with van der Waals surface area (Å²) in [5, 5.41) is 0. The van der Waals surface area contributed by atoms with Gasteiger partial charge in [-0.1, -0.05) is 19.1 Å². The molecule has 2 heteroatoms. The van der Waals surface area contributed by atoms with Crippen LogP contribution in [0.5, 0.6) is 0 Å². The van der Waals surface area contributed by atoms with Crippen LogP contribution in [-0.2, 0) is 9.47 Å². The summed E-state index contributed by atoms with van der Waals surface area (Å²) >= 11 is 0. The van der Waals surface area contributed by atoms with Crippen LogP contribution in [0.3, 0.4) is 0 Å². The summed E-state index contributed by atoms with van der Waals surface area (Å²) in [5.41, 5.74) is 0.441. The van der Waals surface area contributed by atoms with E-state index in [9.17, 15) is 0 Å². The molecule has 0 N–H and O–H groups in total. The zero-order chi connectivity index (χ0) is 10.0. The molecule has 0 spiro atoms. The molecule has 0 saturated heterocycles. The molecule has 2 aliphatic carbocycles. The summed E-state index contributed by atoms with van der Waals surface area (Å²) in [6.45, 7) is 3.99. The second-order valence-electron chi connectivity index (χ2n) is 4.84. The fourth-order valence-corrected chi connectivity index (χ4v) is 2.67. The molecule has 14 heavy (non-hydrogen) atoms. The van der Waals surface area contributed by atoms with Gasteiger partial charge in [-0.3, -0.25) is 0 Å². The second kappa shape index (κ2) is 4.03. The van der Waals surface area contributed by atoms with Gasteiger partial charge < -0.3 is 9.47 Å². The lowest BCUT2D eigenvalue weighted by Crippen LogP contribution is -2.20. The molecule has 0 amide bonds. The van der Waals surface area contributed by atoms with E-state index in [0.717, 1.165) is 19.6 Å². The lowest BCUT2D eigenvalue weighted by atomic mass is 9.90. The minimum atomic E-state index is 0.441. The molecule has 0 aromatic carbocycles. The number of allylic oxidation sites excluding steroid dienone is 1. The molecule has 2 nitrogen and oxygen atoms in total. The summed E-state index contributed by atoms with van der Waals surface area (Å²) in [5.74, 6) is 0.683. The molecule has 2 aliphatic rings. The molecule has 0 aromatic rings. The van der Waals surface area contributed by atoms with Crippen LogP contribution in [0.1, 0.15) is 26.2 Å². The van der Waals surface area contributed by atoms with E-state index >= 15 is 0 Å². The van der Waals surface area contributed by atoms with Gasteiger partial charge in [-0.05, 0) is 24.7 Å². The van der Waals surface area contributed by atoms with Gasteiger partial charge in [0.2, 0.25) is 0 Å². The first kappa shape index (κ1) is 10.2. The summed E-state index contributed by atoms with van der Waals surface area (Å²) in [6.07, 6.45) is 8.70. The molecule has 80 valence electrons. The van der Waals surface area contributed by atoms with Crippen LogP contribution >= 0.6 is 0 Å². The largest absolute Gasteiger partial charge is 0.385 e. The third-order valence-electron chi connectivity index (χ3n) is 3.42. The Labute approximate surface area is 86.3 Å². The van der Waals surface area contributed by atoms with E-state index in [1.807, 2.05) is 0 Å². The first-order valence-corrected chi connectivity index (χ1v) is 5.53. The van der Waals surface area contributed by atoms with E-state index in [4.69, 9.17) is 9.47 Å². The molecule has 2 rings (SSSR count). The first-order valence-electron chi connectivity index (χ1n) is 5.53. The fourth-order valence-electron chi connectivity index (χ4n) is 2.67. The van der Waals surface area contributed by atoms with Crippen molar-refractivity contribution in [1.29, 1.82) is 0 Å². The van der Waals surface area contributed by atoms with E-state index in [0.29, 0.717) is 17.4 Å². The van der Waals surface area contributed by atoms with Gasteiger partial charge >= 0.3 is 0 Å². The van der Waals surface area contributed by atoms with Crippen molar-refractivity contribution in [3.05, 3.63) is 12.2 Å². The molecular weight excluding hydrogens is 176 g/mol. The lowest BCUT2D eigenvalue weighted by molar-refractivity contribution is 0.0224. The van der Waals surface area contributed by atoms with Gasteiger partial charge in [0.1, 0.15) is 0 Å². The Morgan fingerprint density at radius 3 is 2.79 bits per heavy atom. The molecule has 0 aromatic heterocycles. The monoisotopic (exact) mass is 196 g/mol. The van der Waals surface area contributed by atoms with Crippen LogP contribution in [0.4, 0.5) is 0 Å². The van der Waals surface area contributed by atoms with Gasteiger partial charge in [0.15, 0.2) is 0 Å². The summed E-state index contributed by atoms with van der Waals surface area (Å²) in [4.78, 5) is 0. The normalized spacial score (nSPS) is 39.6. The fraction of sp³-hybridized carbons (Fsp3) is 0.833. The number of hydrogen-bond acceptors (Lipinski definition) is 2. The van der Waals surface area contributed by atoms with Crippen molar-refractivity contribution >= 4 is 0 Å². The number of fused-ring (bicyclic) bond motifs is 2. The minimum Gasteiger partial charge on any atom is -0.385 e. The Morgan fingerprint density at radius 1 is 1.36 bits per heavy atom. The molecule has 3 unspecified atom stereocenters. The molecule has 1 saturated carbocycles. The standard InChI is InChI=1S/C12H20O2/c1-12-5-4-10(8-12)11(9-12)14-7-3-6-13-2/h4-5,10-11H,3,6-9H2,1-2H3. The second-order valence-corrected chi connectivity index (χ2v) is 4.84. The van der Waals surface area contributed by atoms with Gasteiger partial charge in [0.05, 0.1) is 6.10 Å². The van der Waals surface area contributed by atoms with Gasteiger partial charge in [-0.25, -0.2) is 0 Å². The van der Waals surface area contributed by atoms with Crippen LogP contribution < -0.4 is 0 Å². The predicted molar refractivity (Wildman–Crippen MR) is 56.2 cm³/mol. The quantitative estimate of drug-likeness (QED) is 0.496. The Morgan fingerprint density at radius 2 is 2.21 bits per heavy atom. The molecule has 0 heterocycles. The van der Waals surface area contributed by atoms with Gasteiger partial charge in [-0.2, -0.15) is 0 Å². The lowest BCUT2D eigenvalue weighted by Gasteiger charge is -2.22. The molecule has 0 aliphatic heterocycles. The number of methoxy groups -OCH3 is 1. The van der Waals surface area contributed by atoms with Crippen LogP contribution in [0.25, 0.3) is 0 Å². The predicted octanol–water partition coefficient (Wildman–Crippen LogP) is 2.39. The smallest absolute Gasteiger partial charge is 0.0646 e. The topological polar surface area (TPSA) is 18.5 Å². The van der Waals surface area contributed by atoms with Crippen molar-refractivity contribution < 1.29 is 9.47 Å². The zero-order valence-corrected chi connectivity index (χ0v) is 9.16. The van der Waals surface area contributed by atoms with Gasteiger partial charge in [0.25, 0.3) is 0 Å². The zero-order valence-electron chi connectivity index (χ0n) is 9.16. The third-order valence-corrected chi connectivity index (χ3v) is 3.42. The van der Waals surface area contributed by atoms with Gasteiger partial charge in [0, 0.05) is 26.2 Å². The van der Waals surface area contributed by atoms with E-state index in [-0.39, 0.29) is 0 Å². The van der Waals surface area contributed by atoms with Crippen LogP contribution in [0.2, 0.25) is 0 Å². The minimum absolute atomic E-state index is 0.441. The first-order chi connectivity index (χ1) is 6.73. The molecule has 0 radical (unpaired) electrons. The van der Waals surface area contributed by atoms with E-state index < -0.39 is 0 Å². The maximum atomic E-state index is 5.87. The highest BCUT2D eigenvalue weighted by Gasteiger charge is 2.44. The molecule has 2 bridgehead atoms. The van der Waals surface area contributed by atoms with Crippen molar-refractivity contribution in [2.24, 2.45) is 11.3 Å². The molecule has 1 fully saturated rings.